The molecule has 1 aromatic rings. The number of hydrogen-bond acceptors (Lipinski definition) is 3. The van der Waals surface area contributed by atoms with Gasteiger partial charge < -0.3 is 5.11 Å². The molecule has 0 radical (unpaired) electrons. The van der Waals surface area contributed by atoms with Crippen LogP contribution in [0, 0.1) is 0 Å². The van der Waals surface area contributed by atoms with Crippen LogP contribution in [-0.4, -0.2) is 41.0 Å². The van der Waals surface area contributed by atoms with Crippen molar-refractivity contribution in [2.45, 2.75) is 48.3 Å². The third-order valence-corrected chi connectivity index (χ3v) is 5.65. The summed E-state index contributed by atoms with van der Waals surface area (Å²) in [6, 6.07) is 9.55. The van der Waals surface area contributed by atoms with Crippen LogP contribution in [0.2, 0.25) is 0 Å². The first-order valence-corrected chi connectivity index (χ1v) is 8.34. The van der Waals surface area contributed by atoms with Crippen LogP contribution in [0.4, 0.5) is 0 Å². The van der Waals surface area contributed by atoms with E-state index in [1.807, 2.05) is 0 Å². The number of aliphatic hydroxyl groups is 1. The highest BCUT2D eigenvalue weighted by Gasteiger charge is 2.29. The summed E-state index contributed by atoms with van der Waals surface area (Å²) in [5.41, 5.74) is 1.53. The van der Waals surface area contributed by atoms with E-state index in [4.69, 9.17) is 5.11 Å². The predicted octanol–water partition coefficient (Wildman–Crippen LogP) is 2.94. The zero-order valence-electron chi connectivity index (χ0n) is 11.4. The van der Waals surface area contributed by atoms with E-state index in [1.54, 1.807) is 0 Å². The maximum absolute atomic E-state index is 8.99. The minimum Gasteiger partial charge on any atom is -0.396 e. The van der Waals surface area contributed by atoms with Crippen LogP contribution in [0.1, 0.15) is 31.2 Å². The maximum atomic E-state index is 8.99. The fourth-order valence-electron chi connectivity index (χ4n) is 3.41. The van der Waals surface area contributed by atoms with E-state index in [2.05, 4.69) is 40.9 Å². The molecule has 2 atom stereocenters. The van der Waals surface area contributed by atoms with E-state index >= 15 is 0 Å². The maximum Gasteiger partial charge on any atom is 0.0431 e. The summed E-state index contributed by atoms with van der Waals surface area (Å²) in [4.78, 5) is 4.15. The van der Waals surface area contributed by atoms with Crippen LogP contribution in [-0.2, 0) is 6.42 Å². The van der Waals surface area contributed by atoms with Gasteiger partial charge in [-0.2, -0.15) is 0 Å². The van der Waals surface area contributed by atoms with Crippen molar-refractivity contribution >= 4 is 11.8 Å². The van der Waals surface area contributed by atoms with Crippen molar-refractivity contribution in [2.75, 3.05) is 19.7 Å². The van der Waals surface area contributed by atoms with Gasteiger partial charge in [0.25, 0.3) is 0 Å². The van der Waals surface area contributed by atoms with E-state index < -0.39 is 0 Å². The van der Waals surface area contributed by atoms with Crippen LogP contribution in [0.15, 0.2) is 29.2 Å². The van der Waals surface area contributed by atoms with E-state index in [-0.39, 0.29) is 0 Å². The minimum atomic E-state index is 0.341. The normalized spacial score (nSPS) is 26.8. The van der Waals surface area contributed by atoms with Gasteiger partial charge in [0.1, 0.15) is 0 Å². The Hall–Kier alpha value is -0.510. The van der Waals surface area contributed by atoms with Crippen LogP contribution >= 0.6 is 11.8 Å². The van der Waals surface area contributed by atoms with Crippen LogP contribution in [0.25, 0.3) is 0 Å². The van der Waals surface area contributed by atoms with Crippen LogP contribution < -0.4 is 0 Å². The number of rotatable bonds is 5. The van der Waals surface area contributed by atoms with E-state index in [9.17, 15) is 0 Å². The molecular formula is C16H23NOS. The van der Waals surface area contributed by atoms with Gasteiger partial charge in [-0.3, -0.25) is 4.90 Å². The zero-order chi connectivity index (χ0) is 13.1. The lowest BCUT2D eigenvalue weighted by molar-refractivity contribution is 0.217. The van der Waals surface area contributed by atoms with Gasteiger partial charge in [0.15, 0.2) is 0 Å². The van der Waals surface area contributed by atoms with Gasteiger partial charge in [-0.05, 0) is 50.3 Å². The second kappa shape index (κ2) is 6.29. The van der Waals surface area contributed by atoms with Crippen molar-refractivity contribution in [3.8, 4) is 0 Å². The quantitative estimate of drug-likeness (QED) is 0.895. The minimum absolute atomic E-state index is 0.341. The highest BCUT2D eigenvalue weighted by Crippen LogP contribution is 2.38. The summed E-state index contributed by atoms with van der Waals surface area (Å²) >= 11 is 2.06. The molecule has 1 aromatic carbocycles. The molecule has 104 valence electrons. The molecule has 0 aliphatic carbocycles. The summed E-state index contributed by atoms with van der Waals surface area (Å²) < 4.78 is 0. The van der Waals surface area contributed by atoms with E-state index in [1.165, 1.54) is 49.2 Å². The molecule has 2 aliphatic rings. The Morgan fingerprint density at radius 2 is 2.21 bits per heavy atom. The standard InChI is InChI=1S/C16H23NOS/c18-10-4-7-14-6-3-9-17(14)12-15-11-13-5-1-2-8-16(13)19-15/h1-2,5,8,14-15,18H,3-4,6-7,9-12H2. The Balaban J connectivity index is 1.55. The summed E-state index contributed by atoms with van der Waals surface area (Å²) in [7, 11) is 0. The molecule has 2 heterocycles. The van der Waals surface area contributed by atoms with Crippen LogP contribution in [0.5, 0.6) is 0 Å². The molecule has 0 bridgehead atoms. The number of likely N-dealkylation sites (tertiary alicyclic amines) is 1. The van der Waals surface area contributed by atoms with Crippen molar-refractivity contribution in [3.63, 3.8) is 0 Å². The molecule has 2 aliphatic heterocycles. The molecule has 3 heteroatoms. The van der Waals surface area contributed by atoms with Gasteiger partial charge in [0.05, 0.1) is 0 Å². The fourth-order valence-corrected chi connectivity index (χ4v) is 4.75. The Morgan fingerprint density at radius 3 is 3.05 bits per heavy atom. The summed E-state index contributed by atoms with van der Waals surface area (Å²) in [5.74, 6) is 0. The molecule has 1 saturated heterocycles. The molecule has 1 N–H and O–H groups in total. The predicted molar refractivity (Wildman–Crippen MR) is 80.7 cm³/mol. The SMILES string of the molecule is OCCCC1CCCN1CC1Cc2ccccc2S1. The number of benzene rings is 1. The largest absolute Gasteiger partial charge is 0.396 e. The molecule has 1 fully saturated rings. The third-order valence-electron chi connectivity index (χ3n) is 4.35. The van der Waals surface area contributed by atoms with Crippen molar-refractivity contribution in [3.05, 3.63) is 29.8 Å². The molecular weight excluding hydrogens is 254 g/mol. The molecule has 2 nitrogen and oxygen atoms in total. The summed E-state index contributed by atoms with van der Waals surface area (Å²) in [6.45, 7) is 2.81. The van der Waals surface area contributed by atoms with Crippen molar-refractivity contribution in [2.24, 2.45) is 0 Å². The number of nitrogens with zero attached hydrogens (tertiary/aromatic N) is 1. The number of fused-ring (bicyclic) bond motifs is 1. The number of aliphatic hydroxyl groups excluding tert-OH is 1. The highest BCUT2D eigenvalue weighted by molar-refractivity contribution is 8.00. The van der Waals surface area contributed by atoms with Gasteiger partial charge in [0, 0.05) is 29.3 Å². The van der Waals surface area contributed by atoms with Gasteiger partial charge in [-0.25, -0.2) is 0 Å². The van der Waals surface area contributed by atoms with E-state index in [0.29, 0.717) is 6.61 Å². The van der Waals surface area contributed by atoms with E-state index in [0.717, 1.165) is 17.7 Å². The molecule has 19 heavy (non-hydrogen) atoms. The Bertz CT molecular complexity index is 398. The van der Waals surface area contributed by atoms with Crippen molar-refractivity contribution < 1.29 is 5.11 Å². The molecule has 0 amide bonds. The van der Waals surface area contributed by atoms with Crippen molar-refractivity contribution in [1.29, 1.82) is 0 Å². The number of hydrogen-bond donors (Lipinski definition) is 1. The fraction of sp³-hybridized carbons (Fsp3) is 0.625. The first kappa shape index (κ1) is 13.5. The van der Waals surface area contributed by atoms with Gasteiger partial charge in [-0.1, -0.05) is 18.2 Å². The average Bonchev–Trinajstić information content (AvgIpc) is 3.02. The van der Waals surface area contributed by atoms with Gasteiger partial charge >= 0.3 is 0 Å². The lowest BCUT2D eigenvalue weighted by Gasteiger charge is -2.26. The molecule has 0 spiro atoms. The first-order valence-electron chi connectivity index (χ1n) is 7.46. The van der Waals surface area contributed by atoms with Gasteiger partial charge in [-0.15, -0.1) is 11.8 Å². The second-order valence-electron chi connectivity index (χ2n) is 5.71. The molecule has 0 saturated carbocycles. The summed E-state index contributed by atoms with van der Waals surface area (Å²) in [5, 5.41) is 9.72. The number of thioether (sulfide) groups is 1. The first-order chi connectivity index (χ1) is 9.36. The lowest BCUT2D eigenvalue weighted by atomic mass is 10.1. The Morgan fingerprint density at radius 1 is 1.32 bits per heavy atom. The van der Waals surface area contributed by atoms with Gasteiger partial charge in [0.2, 0.25) is 0 Å². The molecule has 2 unspecified atom stereocenters. The topological polar surface area (TPSA) is 23.5 Å². The van der Waals surface area contributed by atoms with Crippen molar-refractivity contribution in [1.82, 2.24) is 4.90 Å². The summed E-state index contributed by atoms with van der Waals surface area (Å²) in [6.07, 6.45) is 6.01. The monoisotopic (exact) mass is 277 g/mol. The Kier molecular flexibility index (Phi) is 4.46. The zero-order valence-corrected chi connectivity index (χ0v) is 12.2. The highest BCUT2D eigenvalue weighted by atomic mass is 32.2. The average molecular weight is 277 g/mol. The second-order valence-corrected chi connectivity index (χ2v) is 7.05. The smallest absolute Gasteiger partial charge is 0.0431 e. The lowest BCUT2D eigenvalue weighted by Crippen LogP contribution is -2.35. The third kappa shape index (κ3) is 3.15. The Labute approximate surface area is 120 Å². The molecule has 3 rings (SSSR count). The molecule has 0 aromatic heterocycles. The van der Waals surface area contributed by atoms with Crippen LogP contribution in [0.3, 0.4) is 0 Å².